The van der Waals surface area contributed by atoms with Gasteiger partial charge in [0.15, 0.2) is 0 Å². The quantitative estimate of drug-likeness (QED) is 0.439. The van der Waals surface area contributed by atoms with Gasteiger partial charge in [0, 0.05) is 27.7 Å². The van der Waals surface area contributed by atoms with Gasteiger partial charge >= 0.3 is 0 Å². The molecular weight excluding hydrogens is 432 g/mol. The average molecular weight is 469 g/mol. The maximum atomic E-state index is 4.72. The van der Waals surface area contributed by atoms with Gasteiger partial charge in [-0.25, -0.2) is 0 Å². The van der Waals surface area contributed by atoms with Gasteiger partial charge in [-0.05, 0) is 59.8 Å². The Balaban J connectivity index is 1.45. The van der Waals surface area contributed by atoms with Crippen molar-refractivity contribution in [2.45, 2.75) is 57.4 Å². The molecule has 6 unspecified atom stereocenters. The molecule has 1 aromatic carbocycles. The fourth-order valence-electron chi connectivity index (χ4n) is 6.63. The van der Waals surface area contributed by atoms with Gasteiger partial charge in [0.05, 0.1) is 11.4 Å². The van der Waals surface area contributed by atoms with E-state index < -0.39 is 0 Å². The number of nitrogens with one attached hydrogen (secondary N) is 1. The number of para-hydroxylation sites is 1. The molecule has 0 saturated heterocycles. The van der Waals surface area contributed by atoms with Crippen molar-refractivity contribution in [2.75, 3.05) is 10.2 Å². The Kier molecular flexibility index (Phi) is 5.26. The molecule has 2 nitrogen and oxygen atoms in total. The lowest BCUT2D eigenvalue weighted by molar-refractivity contribution is 0.452. The van der Waals surface area contributed by atoms with Gasteiger partial charge in [-0.1, -0.05) is 75.9 Å². The third-order valence-corrected chi connectivity index (χ3v) is 10.0. The summed E-state index contributed by atoms with van der Waals surface area (Å²) in [6.45, 7) is 20.0. The molecule has 3 heteroatoms. The van der Waals surface area contributed by atoms with Crippen molar-refractivity contribution in [3.63, 3.8) is 0 Å². The zero-order valence-electron chi connectivity index (χ0n) is 20.7. The van der Waals surface area contributed by atoms with Crippen molar-refractivity contribution in [3.8, 4) is 0 Å². The van der Waals surface area contributed by atoms with Crippen molar-refractivity contribution in [2.24, 2.45) is 23.7 Å². The number of benzene rings is 1. The van der Waals surface area contributed by atoms with Crippen LogP contribution < -0.4 is 10.2 Å². The Morgan fingerprint density at radius 3 is 2.76 bits per heavy atom. The summed E-state index contributed by atoms with van der Waals surface area (Å²) in [6, 6.07) is 6.79. The van der Waals surface area contributed by atoms with E-state index in [1.165, 1.54) is 45.1 Å². The minimum atomic E-state index is 0.200. The summed E-state index contributed by atoms with van der Waals surface area (Å²) in [5.41, 5.74) is 9.66. The number of nitrogens with zero attached hydrogens (tertiary/aromatic N) is 1. The molecule has 1 aromatic rings. The molecule has 7 atom stereocenters. The molecule has 34 heavy (non-hydrogen) atoms. The smallest absolute Gasteiger partial charge is 0.112 e. The highest BCUT2D eigenvalue weighted by molar-refractivity contribution is 8.04. The molecule has 2 aliphatic carbocycles. The predicted molar refractivity (Wildman–Crippen MR) is 148 cm³/mol. The number of allylic oxidation sites excluding steroid dienone is 6. The summed E-state index contributed by atoms with van der Waals surface area (Å²) in [5, 5.41) is 4.56. The van der Waals surface area contributed by atoms with Crippen LogP contribution in [-0.2, 0) is 0 Å². The standard InChI is InChI=1S/C31H36N2S/c1-7-9-17(2)14-24-20(5)22-10-8-11-26-29(22)33(21(24)6)31(32-26)28-25-15-18(3)12-13-27(25)34-30(28)23-16-19(23)4/h7-8,10-14,17-18,20,23,28,30-32H,1,4,6,9,15-16H2,2-3,5H3/b24-14-/t17?,18?,20?,23?,28?,30-,31?/m0/s1. The normalized spacial score (nSPS) is 35.4. The van der Waals surface area contributed by atoms with Gasteiger partial charge in [0.2, 0.25) is 0 Å². The fraction of sp³-hybridized carbons (Fsp3) is 0.419. The van der Waals surface area contributed by atoms with Gasteiger partial charge in [0.25, 0.3) is 0 Å². The van der Waals surface area contributed by atoms with Crippen molar-refractivity contribution >= 4 is 23.1 Å². The number of hydrogen-bond donors (Lipinski definition) is 1. The number of rotatable bonds is 5. The molecule has 0 aromatic heterocycles. The lowest BCUT2D eigenvalue weighted by atomic mass is 9.80. The molecular formula is C31H36N2S. The first-order valence-electron chi connectivity index (χ1n) is 12.8. The van der Waals surface area contributed by atoms with E-state index in [0.717, 1.165) is 12.8 Å². The Morgan fingerprint density at radius 1 is 1.24 bits per heavy atom. The van der Waals surface area contributed by atoms with Crippen LogP contribution in [0.15, 0.2) is 89.6 Å². The van der Waals surface area contributed by atoms with Crippen LogP contribution in [0.3, 0.4) is 0 Å². The zero-order chi connectivity index (χ0) is 23.7. The van der Waals surface area contributed by atoms with Crippen molar-refractivity contribution in [3.05, 3.63) is 95.1 Å². The molecule has 0 amide bonds. The molecule has 6 rings (SSSR count). The molecule has 0 spiro atoms. The molecule has 1 fully saturated rings. The van der Waals surface area contributed by atoms with E-state index in [1.54, 1.807) is 5.57 Å². The third kappa shape index (κ3) is 3.31. The van der Waals surface area contributed by atoms with Gasteiger partial charge in [-0.3, -0.25) is 0 Å². The monoisotopic (exact) mass is 468 g/mol. The average Bonchev–Trinajstić information content (AvgIpc) is 3.24. The summed E-state index contributed by atoms with van der Waals surface area (Å²) in [6.07, 6.45) is 12.8. The molecule has 176 valence electrons. The molecule has 0 bridgehead atoms. The summed E-state index contributed by atoms with van der Waals surface area (Å²) < 4.78 is 0. The van der Waals surface area contributed by atoms with Crippen molar-refractivity contribution in [1.82, 2.24) is 0 Å². The first kappa shape index (κ1) is 22.1. The van der Waals surface area contributed by atoms with Crippen LogP contribution in [0, 0.1) is 23.7 Å². The topological polar surface area (TPSA) is 15.3 Å². The maximum absolute atomic E-state index is 4.72. The van der Waals surface area contributed by atoms with E-state index in [2.05, 4.69) is 92.3 Å². The van der Waals surface area contributed by atoms with Gasteiger partial charge in [-0.2, -0.15) is 0 Å². The highest BCUT2D eigenvalue weighted by Gasteiger charge is 2.53. The van der Waals surface area contributed by atoms with Crippen LogP contribution in [0.5, 0.6) is 0 Å². The number of hydrogen-bond acceptors (Lipinski definition) is 3. The van der Waals surface area contributed by atoms with E-state index in [-0.39, 0.29) is 6.17 Å². The fourth-order valence-corrected chi connectivity index (χ4v) is 8.36. The van der Waals surface area contributed by atoms with E-state index in [4.69, 9.17) is 6.58 Å². The van der Waals surface area contributed by atoms with Crippen molar-refractivity contribution in [1.29, 1.82) is 0 Å². The Morgan fingerprint density at radius 2 is 2.03 bits per heavy atom. The van der Waals surface area contributed by atoms with Crippen LogP contribution in [0.4, 0.5) is 11.4 Å². The largest absolute Gasteiger partial charge is 0.363 e. The number of thioether (sulfide) groups is 1. The molecule has 1 saturated carbocycles. The SMILES string of the molecule is C=CCC(C)/C=C1\C(=C)N2c3c(cccc3C1C)NC2C1C2=C(C=CC(C)C2)S[C@H]1C1CC1=C. The molecule has 0 radical (unpaired) electrons. The first-order valence-corrected chi connectivity index (χ1v) is 13.7. The maximum Gasteiger partial charge on any atom is 0.112 e. The van der Waals surface area contributed by atoms with Crippen LogP contribution in [0.2, 0.25) is 0 Å². The van der Waals surface area contributed by atoms with E-state index >= 15 is 0 Å². The zero-order valence-corrected chi connectivity index (χ0v) is 21.5. The van der Waals surface area contributed by atoms with Gasteiger partial charge in [0.1, 0.15) is 6.17 Å². The van der Waals surface area contributed by atoms with Crippen LogP contribution in [-0.4, -0.2) is 11.4 Å². The molecule has 5 aliphatic rings. The first-order chi connectivity index (χ1) is 16.4. The molecule has 3 aliphatic heterocycles. The lowest BCUT2D eigenvalue weighted by Gasteiger charge is -2.42. The van der Waals surface area contributed by atoms with Crippen LogP contribution in [0.1, 0.15) is 51.5 Å². The van der Waals surface area contributed by atoms with E-state index in [1.807, 2.05) is 6.08 Å². The van der Waals surface area contributed by atoms with Gasteiger partial charge in [-0.15, -0.1) is 18.3 Å². The Bertz CT molecular complexity index is 1180. The van der Waals surface area contributed by atoms with Crippen LogP contribution >= 0.6 is 11.8 Å². The predicted octanol–water partition coefficient (Wildman–Crippen LogP) is 8.17. The second-order valence-corrected chi connectivity index (χ2v) is 12.2. The highest BCUT2D eigenvalue weighted by atomic mass is 32.2. The summed E-state index contributed by atoms with van der Waals surface area (Å²) in [7, 11) is 0. The Labute approximate surface area is 209 Å². The minimum absolute atomic E-state index is 0.200. The third-order valence-electron chi connectivity index (χ3n) is 8.49. The summed E-state index contributed by atoms with van der Waals surface area (Å²) in [5.74, 6) is 2.48. The second-order valence-electron chi connectivity index (χ2n) is 11.0. The molecule has 1 N–H and O–H groups in total. The second kappa shape index (κ2) is 8.09. The van der Waals surface area contributed by atoms with Crippen LogP contribution in [0.25, 0.3) is 0 Å². The molecule has 3 heterocycles. The van der Waals surface area contributed by atoms with Gasteiger partial charge < -0.3 is 10.2 Å². The summed E-state index contributed by atoms with van der Waals surface area (Å²) >= 11 is 2.11. The summed E-state index contributed by atoms with van der Waals surface area (Å²) in [4.78, 5) is 4.08. The lowest BCUT2D eigenvalue weighted by Crippen LogP contribution is -2.47. The highest BCUT2D eigenvalue weighted by Crippen LogP contribution is 2.61. The Hall–Kier alpha value is -2.39. The van der Waals surface area contributed by atoms with Crippen molar-refractivity contribution < 1.29 is 0 Å². The van der Waals surface area contributed by atoms with E-state index in [0.29, 0.717) is 34.8 Å². The number of anilines is 2. The van der Waals surface area contributed by atoms with E-state index in [9.17, 15) is 0 Å². The minimum Gasteiger partial charge on any atom is -0.363 e.